The topological polar surface area (TPSA) is 59.6 Å². The molecule has 1 aliphatic heterocycles. The summed E-state index contributed by atoms with van der Waals surface area (Å²) in [5.41, 5.74) is 3.21. The summed E-state index contributed by atoms with van der Waals surface area (Å²) in [4.78, 5) is 11.9. The molecule has 1 atom stereocenters. The third-order valence-electron chi connectivity index (χ3n) is 4.56. The summed E-state index contributed by atoms with van der Waals surface area (Å²) in [5.74, 6) is 0.534. The van der Waals surface area contributed by atoms with Gasteiger partial charge in [0, 0.05) is 17.7 Å². The molecule has 0 unspecified atom stereocenters. The molecule has 148 valence electrons. The summed E-state index contributed by atoms with van der Waals surface area (Å²) in [6, 6.07) is 13.3. The minimum atomic E-state index is -0.347. The molecule has 0 radical (unpaired) electrons. The third-order valence-corrected chi connectivity index (χ3v) is 4.78. The molecule has 0 fully saturated rings. The molecule has 2 aromatic rings. The molecule has 0 spiro atoms. The Balaban J connectivity index is 1.74. The van der Waals surface area contributed by atoms with Crippen LogP contribution in [0.15, 0.2) is 42.5 Å². The highest BCUT2D eigenvalue weighted by molar-refractivity contribution is 7.80. The predicted octanol–water partition coefficient (Wildman–Crippen LogP) is 4.76. The molecule has 6 heteroatoms. The number of thiocarbonyl (C=S) groups is 1. The maximum atomic E-state index is 11.9. The Morgan fingerprint density at radius 1 is 1.29 bits per heavy atom. The zero-order valence-corrected chi connectivity index (χ0v) is 17.5. The quantitative estimate of drug-likeness (QED) is 0.572. The Hall–Kier alpha value is -2.60. The Kier molecular flexibility index (Phi) is 5.89. The van der Waals surface area contributed by atoms with Crippen LogP contribution in [0.25, 0.3) is 0 Å². The molecule has 1 aliphatic rings. The fourth-order valence-electron chi connectivity index (χ4n) is 3.37. The second-order valence-electron chi connectivity index (χ2n) is 7.56. The van der Waals surface area contributed by atoms with Crippen LogP contribution in [0.4, 0.5) is 5.69 Å². The lowest BCUT2D eigenvalue weighted by atomic mass is 9.89. The lowest BCUT2D eigenvalue weighted by molar-refractivity contribution is 0.0526. The molecule has 3 rings (SSSR count). The summed E-state index contributed by atoms with van der Waals surface area (Å²) >= 11 is 5.53. The zero-order valence-electron chi connectivity index (χ0n) is 16.7. The monoisotopic (exact) mass is 398 g/mol. The highest BCUT2D eigenvalue weighted by Gasteiger charge is 2.34. The van der Waals surface area contributed by atoms with Gasteiger partial charge >= 0.3 is 5.97 Å². The van der Waals surface area contributed by atoms with E-state index in [2.05, 4.69) is 43.5 Å². The van der Waals surface area contributed by atoms with Crippen LogP contribution in [0, 0.1) is 6.92 Å². The number of hydrogen-bond donors (Lipinski definition) is 2. The number of aryl methyl sites for hydroxylation is 1. The molecule has 5 nitrogen and oxygen atoms in total. The summed E-state index contributed by atoms with van der Waals surface area (Å²) in [6.45, 7) is 8.34. The van der Waals surface area contributed by atoms with E-state index < -0.39 is 0 Å². The predicted molar refractivity (Wildman–Crippen MR) is 115 cm³/mol. The van der Waals surface area contributed by atoms with Crippen molar-refractivity contribution in [3.8, 4) is 5.75 Å². The van der Waals surface area contributed by atoms with E-state index in [1.807, 2.05) is 12.1 Å². The lowest BCUT2D eigenvalue weighted by Crippen LogP contribution is -2.42. The molecule has 0 bridgehead atoms. The van der Waals surface area contributed by atoms with E-state index in [1.54, 1.807) is 25.1 Å². The molecule has 0 saturated carbocycles. The first-order chi connectivity index (χ1) is 13.3. The first kappa shape index (κ1) is 20.1. The van der Waals surface area contributed by atoms with Crippen LogP contribution < -0.4 is 15.4 Å². The Bertz CT molecular complexity index is 895. The number of hydrogen-bond acceptors (Lipinski definition) is 4. The van der Waals surface area contributed by atoms with Crippen LogP contribution in [0.2, 0.25) is 0 Å². The SMILES string of the molecule is CCOC(=O)c1cccc(NC(=S)N[C@H]2CC(C)(C)Oc3ccc(C)cc32)c1. The zero-order chi connectivity index (χ0) is 20.3. The van der Waals surface area contributed by atoms with Gasteiger partial charge in [0.05, 0.1) is 18.2 Å². The van der Waals surface area contributed by atoms with Gasteiger partial charge < -0.3 is 20.1 Å². The minimum Gasteiger partial charge on any atom is -0.487 e. The fraction of sp³-hybridized carbons (Fsp3) is 0.364. The van der Waals surface area contributed by atoms with Crippen molar-refractivity contribution in [2.75, 3.05) is 11.9 Å². The fourth-order valence-corrected chi connectivity index (χ4v) is 3.63. The van der Waals surface area contributed by atoms with Crippen LogP contribution in [-0.4, -0.2) is 23.3 Å². The van der Waals surface area contributed by atoms with E-state index >= 15 is 0 Å². The van der Waals surface area contributed by atoms with E-state index in [4.69, 9.17) is 21.7 Å². The summed E-state index contributed by atoms with van der Waals surface area (Å²) in [5, 5.41) is 7.07. The van der Waals surface area contributed by atoms with Crippen molar-refractivity contribution in [2.45, 2.75) is 45.8 Å². The van der Waals surface area contributed by atoms with Gasteiger partial charge in [-0.15, -0.1) is 0 Å². The van der Waals surface area contributed by atoms with Crippen molar-refractivity contribution < 1.29 is 14.3 Å². The highest BCUT2D eigenvalue weighted by Crippen LogP contribution is 2.39. The molecular weight excluding hydrogens is 372 g/mol. The van der Waals surface area contributed by atoms with E-state index in [1.165, 1.54) is 5.56 Å². The number of esters is 1. The summed E-state index contributed by atoms with van der Waals surface area (Å²) < 4.78 is 11.2. The van der Waals surface area contributed by atoms with E-state index in [-0.39, 0.29) is 17.6 Å². The maximum absolute atomic E-state index is 11.9. The van der Waals surface area contributed by atoms with Crippen molar-refractivity contribution in [1.29, 1.82) is 0 Å². The van der Waals surface area contributed by atoms with Crippen LogP contribution in [0.1, 0.15) is 54.7 Å². The molecule has 1 heterocycles. The van der Waals surface area contributed by atoms with Gasteiger partial charge in [0.15, 0.2) is 5.11 Å². The van der Waals surface area contributed by atoms with Crippen molar-refractivity contribution in [3.05, 3.63) is 59.2 Å². The Morgan fingerprint density at radius 2 is 2.07 bits per heavy atom. The van der Waals surface area contributed by atoms with Crippen molar-refractivity contribution in [1.82, 2.24) is 5.32 Å². The van der Waals surface area contributed by atoms with E-state index in [0.29, 0.717) is 17.3 Å². The largest absolute Gasteiger partial charge is 0.487 e. The number of rotatable bonds is 4. The van der Waals surface area contributed by atoms with E-state index in [0.717, 1.165) is 23.4 Å². The first-order valence-corrected chi connectivity index (χ1v) is 9.82. The van der Waals surface area contributed by atoms with Crippen LogP contribution in [0.3, 0.4) is 0 Å². The number of anilines is 1. The highest BCUT2D eigenvalue weighted by atomic mass is 32.1. The van der Waals surface area contributed by atoms with Gasteiger partial charge in [-0.3, -0.25) is 0 Å². The molecule has 0 amide bonds. The average Bonchev–Trinajstić information content (AvgIpc) is 2.62. The lowest BCUT2D eigenvalue weighted by Gasteiger charge is -2.38. The van der Waals surface area contributed by atoms with Gasteiger partial charge in [0.1, 0.15) is 11.4 Å². The second-order valence-corrected chi connectivity index (χ2v) is 7.97. The smallest absolute Gasteiger partial charge is 0.338 e. The molecule has 2 aromatic carbocycles. The Labute approximate surface area is 171 Å². The average molecular weight is 399 g/mol. The number of benzene rings is 2. The normalized spacial score (nSPS) is 17.1. The number of fused-ring (bicyclic) bond motifs is 1. The van der Waals surface area contributed by atoms with Crippen molar-refractivity contribution in [2.24, 2.45) is 0 Å². The van der Waals surface area contributed by atoms with Gasteiger partial charge in [-0.25, -0.2) is 4.79 Å². The summed E-state index contributed by atoms with van der Waals surface area (Å²) in [6.07, 6.45) is 0.786. The van der Waals surface area contributed by atoms with Crippen LogP contribution in [-0.2, 0) is 4.74 Å². The summed E-state index contributed by atoms with van der Waals surface area (Å²) in [7, 11) is 0. The molecule has 0 aromatic heterocycles. The van der Waals surface area contributed by atoms with Gasteiger partial charge in [-0.1, -0.05) is 23.8 Å². The van der Waals surface area contributed by atoms with Gasteiger partial charge in [0.25, 0.3) is 0 Å². The number of carbonyl (C=O) groups is 1. The van der Waals surface area contributed by atoms with Gasteiger partial charge in [0.2, 0.25) is 0 Å². The van der Waals surface area contributed by atoms with Crippen LogP contribution in [0.5, 0.6) is 5.75 Å². The van der Waals surface area contributed by atoms with Crippen LogP contribution >= 0.6 is 12.2 Å². The van der Waals surface area contributed by atoms with Gasteiger partial charge in [-0.05, 0) is 64.2 Å². The molecule has 28 heavy (non-hydrogen) atoms. The first-order valence-electron chi connectivity index (χ1n) is 9.41. The number of nitrogens with one attached hydrogen (secondary N) is 2. The standard InChI is InChI=1S/C22H26N2O3S/c1-5-26-20(25)15-7-6-8-16(12-15)23-21(28)24-18-13-22(3,4)27-19-10-9-14(2)11-17(18)19/h6-12,18H,5,13H2,1-4H3,(H2,23,24,28)/t18-/m0/s1. The molecule has 0 saturated heterocycles. The minimum absolute atomic E-state index is 0.0342. The third kappa shape index (κ3) is 4.81. The van der Waals surface area contributed by atoms with Crippen molar-refractivity contribution in [3.63, 3.8) is 0 Å². The molecule has 2 N–H and O–H groups in total. The molecular formula is C22H26N2O3S. The van der Waals surface area contributed by atoms with E-state index in [9.17, 15) is 4.79 Å². The number of carbonyl (C=O) groups excluding carboxylic acids is 1. The Morgan fingerprint density at radius 3 is 2.82 bits per heavy atom. The second kappa shape index (κ2) is 8.19. The van der Waals surface area contributed by atoms with Gasteiger partial charge in [-0.2, -0.15) is 0 Å². The maximum Gasteiger partial charge on any atom is 0.338 e. The van der Waals surface area contributed by atoms with Crippen molar-refractivity contribution >= 4 is 29.0 Å². The molecule has 0 aliphatic carbocycles. The number of ether oxygens (including phenoxy) is 2.